The minimum Gasteiger partial charge on any atom is -0.467 e. The molecule has 4 heteroatoms. The van der Waals surface area contributed by atoms with E-state index in [2.05, 4.69) is 9.97 Å². The molecule has 2 atom stereocenters. The lowest BCUT2D eigenvalue weighted by Crippen LogP contribution is -2.18. The molecular weight excluding hydrogens is 212 g/mol. The third kappa shape index (κ3) is 2.40. The van der Waals surface area contributed by atoms with Crippen molar-refractivity contribution >= 4 is 11.6 Å². The number of nitrogens with zero attached hydrogens (tertiary/aromatic N) is 2. The van der Waals surface area contributed by atoms with E-state index in [1.165, 1.54) is 12.8 Å². The second-order valence-corrected chi connectivity index (χ2v) is 4.47. The second kappa shape index (κ2) is 4.79. The number of hydrogen-bond acceptors (Lipinski definition) is 3. The number of rotatable bonds is 2. The summed E-state index contributed by atoms with van der Waals surface area (Å²) in [6.45, 7) is 0. The molecule has 82 valence electrons. The Morgan fingerprint density at radius 2 is 1.93 bits per heavy atom. The fourth-order valence-corrected chi connectivity index (χ4v) is 2.51. The van der Waals surface area contributed by atoms with Crippen LogP contribution in [0.15, 0.2) is 12.4 Å². The van der Waals surface area contributed by atoms with E-state index in [9.17, 15) is 0 Å². The van der Waals surface area contributed by atoms with Gasteiger partial charge in [-0.05, 0) is 18.4 Å². The van der Waals surface area contributed by atoms with E-state index in [0.29, 0.717) is 11.9 Å². The van der Waals surface area contributed by atoms with Crippen molar-refractivity contribution in [2.24, 2.45) is 0 Å². The fourth-order valence-electron chi connectivity index (χ4n) is 2.08. The van der Waals surface area contributed by atoms with Crippen LogP contribution < -0.4 is 4.74 Å². The molecule has 1 heterocycles. The first kappa shape index (κ1) is 10.7. The summed E-state index contributed by atoms with van der Waals surface area (Å²) >= 11 is 6.30. The lowest BCUT2D eigenvalue weighted by Gasteiger charge is -2.26. The first-order chi connectivity index (χ1) is 7.31. The van der Waals surface area contributed by atoms with Gasteiger partial charge in [0.2, 0.25) is 0 Å². The SMILES string of the molecule is COc1ncc(C2CCCCC2Cl)cn1. The third-order valence-corrected chi connectivity index (χ3v) is 3.46. The Bertz CT molecular complexity index is 315. The van der Waals surface area contributed by atoms with Crippen LogP contribution in [-0.2, 0) is 0 Å². The summed E-state index contributed by atoms with van der Waals surface area (Å²) in [6, 6.07) is 0.417. The number of aromatic nitrogens is 2. The molecule has 0 radical (unpaired) electrons. The van der Waals surface area contributed by atoms with E-state index in [1.807, 2.05) is 12.4 Å². The van der Waals surface area contributed by atoms with Crippen molar-refractivity contribution in [3.05, 3.63) is 18.0 Å². The van der Waals surface area contributed by atoms with Gasteiger partial charge in [-0.2, -0.15) is 0 Å². The molecule has 15 heavy (non-hydrogen) atoms. The van der Waals surface area contributed by atoms with E-state index >= 15 is 0 Å². The van der Waals surface area contributed by atoms with Crippen molar-refractivity contribution in [1.82, 2.24) is 9.97 Å². The van der Waals surface area contributed by atoms with Gasteiger partial charge in [-0.3, -0.25) is 0 Å². The lowest BCUT2D eigenvalue weighted by molar-refractivity contribution is 0.377. The van der Waals surface area contributed by atoms with Crippen LogP contribution in [0.25, 0.3) is 0 Å². The predicted octanol–water partition coefficient (Wildman–Crippen LogP) is 2.75. The Kier molecular flexibility index (Phi) is 3.41. The molecule has 0 bridgehead atoms. The summed E-state index contributed by atoms with van der Waals surface area (Å²) in [5.41, 5.74) is 1.13. The molecule has 0 amide bonds. The van der Waals surface area contributed by atoms with Crippen molar-refractivity contribution in [2.75, 3.05) is 7.11 Å². The van der Waals surface area contributed by atoms with Crippen LogP contribution in [0.1, 0.15) is 37.2 Å². The first-order valence-corrected chi connectivity index (χ1v) is 5.75. The van der Waals surface area contributed by atoms with E-state index < -0.39 is 0 Å². The number of methoxy groups -OCH3 is 1. The summed E-state index contributed by atoms with van der Waals surface area (Å²) in [6.07, 6.45) is 8.39. The summed E-state index contributed by atoms with van der Waals surface area (Å²) in [5, 5.41) is 0.232. The maximum absolute atomic E-state index is 6.30. The van der Waals surface area contributed by atoms with Crippen LogP contribution in [0.3, 0.4) is 0 Å². The molecule has 0 N–H and O–H groups in total. The summed E-state index contributed by atoms with van der Waals surface area (Å²) < 4.78 is 4.93. The van der Waals surface area contributed by atoms with Gasteiger partial charge in [0.05, 0.1) is 7.11 Å². The van der Waals surface area contributed by atoms with Gasteiger partial charge < -0.3 is 4.74 Å². The van der Waals surface area contributed by atoms with Crippen LogP contribution >= 0.6 is 11.6 Å². The Hall–Kier alpha value is -0.830. The molecule has 1 fully saturated rings. The average Bonchev–Trinajstić information content (AvgIpc) is 2.30. The maximum atomic E-state index is 6.30. The zero-order chi connectivity index (χ0) is 10.7. The van der Waals surface area contributed by atoms with Gasteiger partial charge in [0, 0.05) is 23.7 Å². The largest absolute Gasteiger partial charge is 0.467 e. The number of halogens is 1. The zero-order valence-corrected chi connectivity index (χ0v) is 9.57. The van der Waals surface area contributed by atoms with Crippen LogP contribution in [0.2, 0.25) is 0 Å². The molecule has 1 aliphatic carbocycles. The highest BCUT2D eigenvalue weighted by Gasteiger charge is 2.25. The molecule has 0 saturated heterocycles. The smallest absolute Gasteiger partial charge is 0.316 e. The molecule has 3 nitrogen and oxygen atoms in total. The van der Waals surface area contributed by atoms with Crippen LogP contribution in [-0.4, -0.2) is 22.5 Å². The van der Waals surface area contributed by atoms with E-state index in [1.54, 1.807) is 7.11 Å². The zero-order valence-electron chi connectivity index (χ0n) is 8.82. The van der Waals surface area contributed by atoms with Crippen molar-refractivity contribution in [3.8, 4) is 6.01 Å². The van der Waals surface area contributed by atoms with E-state index in [-0.39, 0.29) is 5.38 Å². The first-order valence-electron chi connectivity index (χ1n) is 5.31. The Labute approximate surface area is 94.8 Å². The normalized spacial score (nSPS) is 26.3. The molecule has 0 spiro atoms. The Morgan fingerprint density at radius 1 is 1.27 bits per heavy atom. The number of hydrogen-bond donors (Lipinski definition) is 0. The van der Waals surface area contributed by atoms with Crippen molar-refractivity contribution < 1.29 is 4.74 Å². The number of ether oxygens (including phenoxy) is 1. The van der Waals surface area contributed by atoms with Gasteiger partial charge in [-0.25, -0.2) is 9.97 Å². The predicted molar refractivity (Wildman–Crippen MR) is 59.4 cm³/mol. The standard InChI is InChI=1S/C11H15ClN2O/c1-15-11-13-6-8(7-14-11)9-4-2-3-5-10(9)12/h6-7,9-10H,2-5H2,1H3. The molecule has 1 aromatic heterocycles. The molecule has 2 unspecified atom stereocenters. The summed E-state index contributed by atoms with van der Waals surface area (Å²) in [4.78, 5) is 8.23. The molecule has 2 rings (SSSR count). The Balaban J connectivity index is 2.13. The van der Waals surface area contributed by atoms with Gasteiger partial charge in [0.25, 0.3) is 0 Å². The molecule has 0 aliphatic heterocycles. The highest BCUT2D eigenvalue weighted by atomic mass is 35.5. The van der Waals surface area contributed by atoms with Crippen molar-refractivity contribution in [2.45, 2.75) is 37.0 Å². The quantitative estimate of drug-likeness (QED) is 0.728. The molecular formula is C11H15ClN2O. The maximum Gasteiger partial charge on any atom is 0.316 e. The molecule has 0 aromatic carbocycles. The van der Waals surface area contributed by atoms with Gasteiger partial charge >= 0.3 is 6.01 Å². The van der Waals surface area contributed by atoms with Crippen LogP contribution in [0, 0.1) is 0 Å². The monoisotopic (exact) mass is 226 g/mol. The minimum atomic E-state index is 0.232. The van der Waals surface area contributed by atoms with Crippen LogP contribution in [0.4, 0.5) is 0 Å². The molecule has 1 aromatic rings. The van der Waals surface area contributed by atoms with Crippen LogP contribution in [0.5, 0.6) is 6.01 Å². The van der Waals surface area contributed by atoms with E-state index in [0.717, 1.165) is 18.4 Å². The Morgan fingerprint density at radius 3 is 2.53 bits per heavy atom. The van der Waals surface area contributed by atoms with Gasteiger partial charge in [-0.1, -0.05) is 12.8 Å². The highest BCUT2D eigenvalue weighted by Crippen LogP contribution is 2.35. The van der Waals surface area contributed by atoms with Gasteiger partial charge in [0.1, 0.15) is 0 Å². The topological polar surface area (TPSA) is 35.0 Å². The van der Waals surface area contributed by atoms with Crippen molar-refractivity contribution in [1.29, 1.82) is 0 Å². The second-order valence-electron chi connectivity index (χ2n) is 3.91. The van der Waals surface area contributed by atoms with Crippen molar-refractivity contribution in [3.63, 3.8) is 0 Å². The fraction of sp³-hybridized carbons (Fsp3) is 0.636. The lowest BCUT2D eigenvalue weighted by atomic mass is 9.85. The third-order valence-electron chi connectivity index (χ3n) is 2.94. The van der Waals surface area contributed by atoms with Gasteiger partial charge in [-0.15, -0.1) is 11.6 Å². The highest BCUT2D eigenvalue weighted by molar-refractivity contribution is 6.21. The average molecular weight is 227 g/mol. The summed E-state index contributed by atoms with van der Waals surface area (Å²) in [7, 11) is 1.57. The van der Waals surface area contributed by atoms with E-state index in [4.69, 9.17) is 16.3 Å². The van der Waals surface area contributed by atoms with Gasteiger partial charge in [0.15, 0.2) is 0 Å². The summed E-state index contributed by atoms with van der Waals surface area (Å²) in [5.74, 6) is 0.409. The number of alkyl halides is 1. The molecule has 1 aliphatic rings. The molecule has 1 saturated carbocycles. The minimum absolute atomic E-state index is 0.232.